The molecule has 0 saturated heterocycles. The summed E-state index contributed by atoms with van der Waals surface area (Å²) < 4.78 is 4.34. The summed E-state index contributed by atoms with van der Waals surface area (Å²) in [6, 6.07) is 9.05. The van der Waals surface area contributed by atoms with E-state index in [1.807, 2.05) is 18.2 Å². The Morgan fingerprint density at radius 1 is 1.47 bits per heavy atom. The van der Waals surface area contributed by atoms with Crippen molar-refractivity contribution in [2.75, 3.05) is 5.32 Å². The van der Waals surface area contributed by atoms with Crippen LogP contribution in [0.2, 0.25) is 0 Å². The van der Waals surface area contributed by atoms with Gasteiger partial charge in [0.2, 0.25) is 0 Å². The van der Waals surface area contributed by atoms with Crippen molar-refractivity contribution < 1.29 is 9.53 Å². The third kappa shape index (κ3) is 3.53. The van der Waals surface area contributed by atoms with Crippen LogP contribution in [0.3, 0.4) is 0 Å². The van der Waals surface area contributed by atoms with Crippen molar-refractivity contribution in [2.24, 2.45) is 0 Å². The molecule has 0 saturated carbocycles. The largest absolute Gasteiger partial charge is 0.396 e. The van der Waals surface area contributed by atoms with E-state index in [0.29, 0.717) is 11.3 Å². The van der Waals surface area contributed by atoms with E-state index in [2.05, 4.69) is 10.1 Å². The van der Waals surface area contributed by atoms with E-state index in [-0.39, 0.29) is 5.91 Å². The summed E-state index contributed by atoms with van der Waals surface area (Å²) in [5.41, 5.74) is 1.03. The van der Waals surface area contributed by atoms with Gasteiger partial charge in [-0.25, -0.2) is 0 Å². The maximum atomic E-state index is 11.4. The zero-order chi connectivity index (χ0) is 11.1. The predicted molar refractivity (Wildman–Crippen MR) is 55.5 cm³/mol. The first-order chi connectivity index (χ1) is 7.24. The zero-order valence-electron chi connectivity index (χ0n) is 8.23. The van der Waals surface area contributed by atoms with Gasteiger partial charge in [0, 0.05) is 5.69 Å². The van der Waals surface area contributed by atoms with Crippen molar-refractivity contribution in [3.63, 3.8) is 0 Å². The van der Waals surface area contributed by atoms with Crippen molar-refractivity contribution in [3.8, 4) is 6.26 Å². The van der Waals surface area contributed by atoms with E-state index in [4.69, 9.17) is 5.26 Å². The van der Waals surface area contributed by atoms with Crippen LogP contribution in [0.4, 0.5) is 5.69 Å². The monoisotopic (exact) mass is 202 g/mol. The maximum Gasteiger partial charge on any atom is 0.291 e. The summed E-state index contributed by atoms with van der Waals surface area (Å²) in [6.45, 7) is 1.57. The third-order valence-electron chi connectivity index (χ3n) is 1.68. The van der Waals surface area contributed by atoms with Crippen LogP contribution in [0.15, 0.2) is 42.2 Å². The van der Waals surface area contributed by atoms with Gasteiger partial charge in [0.1, 0.15) is 6.26 Å². The number of nitriles is 1. The predicted octanol–water partition coefficient (Wildman–Crippen LogP) is 2.03. The Bertz CT molecular complexity index is 404. The first-order valence-corrected chi connectivity index (χ1v) is 4.32. The minimum absolute atomic E-state index is 0.295. The zero-order valence-corrected chi connectivity index (χ0v) is 8.23. The maximum absolute atomic E-state index is 11.4. The normalized spacial score (nSPS) is 10.3. The number of amides is 1. The molecule has 0 atom stereocenters. The molecule has 0 aromatic heterocycles. The number of hydrogen-bond donors (Lipinski definition) is 1. The quantitative estimate of drug-likeness (QED) is 0.463. The van der Waals surface area contributed by atoms with Gasteiger partial charge in [0.25, 0.3) is 12.2 Å². The number of para-hydroxylation sites is 1. The summed E-state index contributed by atoms with van der Waals surface area (Å²) in [6.07, 6.45) is 2.57. The number of benzene rings is 1. The molecule has 1 aromatic carbocycles. The van der Waals surface area contributed by atoms with Crippen molar-refractivity contribution in [1.29, 1.82) is 5.26 Å². The molecule has 0 radical (unpaired) electrons. The molecule has 1 N–H and O–H groups in total. The van der Waals surface area contributed by atoms with Gasteiger partial charge >= 0.3 is 0 Å². The van der Waals surface area contributed by atoms with E-state index in [9.17, 15) is 4.79 Å². The van der Waals surface area contributed by atoms with E-state index < -0.39 is 0 Å². The lowest BCUT2D eigenvalue weighted by molar-refractivity contribution is -0.112. The molecule has 1 rings (SSSR count). The van der Waals surface area contributed by atoms with Gasteiger partial charge in [-0.3, -0.25) is 4.79 Å². The molecule has 0 unspecified atom stereocenters. The molecule has 0 bridgehead atoms. The Kier molecular flexibility index (Phi) is 3.92. The fourth-order valence-corrected chi connectivity index (χ4v) is 0.919. The number of carbonyl (C=O) groups excluding carboxylic acids is 1. The van der Waals surface area contributed by atoms with Crippen LogP contribution < -0.4 is 5.32 Å². The highest BCUT2D eigenvalue weighted by Gasteiger charge is 2.04. The molecule has 0 heterocycles. The second-order valence-corrected chi connectivity index (χ2v) is 2.83. The Balaban J connectivity index is 2.61. The number of ether oxygens (including phenoxy) is 1. The highest BCUT2D eigenvalue weighted by Crippen LogP contribution is 2.07. The first-order valence-electron chi connectivity index (χ1n) is 4.32. The summed E-state index contributed by atoms with van der Waals surface area (Å²) in [5, 5.41) is 10.8. The SMILES string of the molecule is CC(=COC#N)C(=O)Nc1ccccc1. The van der Waals surface area contributed by atoms with E-state index in [1.165, 1.54) is 6.26 Å². The number of anilines is 1. The average Bonchev–Trinajstić information content (AvgIpc) is 2.27. The average molecular weight is 202 g/mol. The van der Waals surface area contributed by atoms with Gasteiger partial charge in [0.15, 0.2) is 0 Å². The summed E-state index contributed by atoms with van der Waals surface area (Å²) in [4.78, 5) is 11.4. The molecule has 1 amide bonds. The fraction of sp³-hybridized carbons (Fsp3) is 0.0909. The van der Waals surface area contributed by atoms with Gasteiger partial charge in [-0.15, -0.1) is 5.26 Å². The molecule has 1 aromatic rings. The molecule has 0 spiro atoms. The van der Waals surface area contributed by atoms with Crippen molar-refractivity contribution in [1.82, 2.24) is 0 Å². The van der Waals surface area contributed by atoms with E-state index >= 15 is 0 Å². The van der Waals surface area contributed by atoms with Crippen molar-refractivity contribution in [3.05, 3.63) is 42.2 Å². The lowest BCUT2D eigenvalue weighted by atomic mass is 10.3. The second kappa shape index (κ2) is 5.45. The Morgan fingerprint density at radius 3 is 2.73 bits per heavy atom. The number of hydrogen-bond acceptors (Lipinski definition) is 3. The Morgan fingerprint density at radius 2 is 2.13 bits per heavy atom. The third-order valence-corrected chi connectivity index (χ3v) is 1.68. The lowest BCUT2D eigenvalue weighted by Crippen LogP contribution is -2.12. The van der Waals surface area contributed by atoms with Crippen LogP contribution in [0, 0.1) is 11.5 Å². The van der Waals surface area contributed by atoms with Crippen LogP contribution >= 0.6 is 0 Å². The molecule has 15 heavy (non-hydrogen) atoms. The number of nitrogens with one attached hydrogen (secondary N) is 1. The van der Waals surface area contributed by atoms with Gasteiger partial charge in [-0.1, -0.05) is 18.2 Å². The highest BCUT2D eigenvalue weighted by atomic mass is 16.5. The van der Waals surface area contributed by atoms with Crippen molar-refractivity contribution >= 4 is 11.6 Å². The molecular formula is C11H10N2O2. The summed E-state index contributed by atoms with van der Waals surface area (Å²) >= 11 is 0. The van der Waals surface area contributed by atoms with Crippen LogP contribution in [-0.2, 0) is 9.53 Å². The van der Waals surface area contributed by atoms with Gasteiger partial charge in [-0.2, -0.15) is 0 Å². The highest BCUT2D eigenvalue weighted by molar-refractivity contribution is 6.03. The minimum atomic E-state index is -0.295. The molecule has 0 aliphatic carbocycles. The van der Waals surface area contributed by atoms with Crippen LogP contribution in [0.5, 0.6) is 0 Å². The Labute approximate surface area is 87.8 Å². The van der Waals surface area contributed by atoms with Crippen LogP contribution in [0.25, 0.3) is 0 Å². The molecule has 76 valence electrons. The summed E-state index contributed by atoms with van der Waals surface area (Å²) in [7, 11) is 0. The smallest absolute Gasteiger partial charge is 0.291 e. The van der Waals surface area contributed by atoms with Crippen molar-refractivity contribution in [2.45, 2.75) is 6.92 Å². The van der Waals surface area contributed by atoms with E-state index in [1.54, 1.807) is 19.1 Å². The Hall–Kier alpha value is -2.28. The topological polar surface area (TPSA) is 62.1 Å². The molecule has 0 aliphatic rings. The first kappa shape index (κ1) is 10.8. The van der Waals surface area contributed by atoms with Crippen LogP contribution in [-0.4, -0.2) is 5.91 Å². The van der Waals surface area contributed by atoms with E-state index in [0.717, 1.165) is 6.26 Å². The molecular weight excluding hydrogens is 192 g/mol. The second-order valence-electron chi connectivity index (χ2n) is 2.83. The molecule has 4 heteroatoms. The van der Waals surface area contributed by atoms with Gasteiger partial charge in [0.05, 0.1) is 5.57 Å². The summed E-state index contributed by atoms with van der Waals surface area (Å²) in [5.74, 6) is -0.295. The minimum Gasteiger partial charge on any atom is -0.396 e. The molecule has 0 fully saturated rings. The van der Waals surface area contributed by atoms with Gasteiger partial charge < -0.3 is 10.1 Å². The number of rotatable bonds is 3. The molecule has 0 aliphatic heterocycles. The number of carbonyl (C=O) groups is 1. The van der Waals surface area contributed by atoms with Crippen LogP contribution in [0.1, 0.15) is 6.92 Å². The molecule has 4 nitrogen and oxygen atoms in total. The standard InChI is InChI=1S/C11H10N2O2/c1-9(7-15-8-12)11(14)13-10-5-3-2-4-6-10/h2-7H,1H3,(H,13,14). The fourth-order valence-electron chi connectivity index (χ4n) is 0.919. The number of nitrogens with zero attached hydrogens (tertiary/aromatic N) is 1. The lowest BCUT2D eigenvalue weighted by Gasteiger charge is -2.03. The van der Waals surface area contributed by atoms with Gasteiger partial charge in [-0.05, 0) is 19.1 Å².